The average Bonchev–Trinajstić information content (AvgIpc) is 3.38. The third-order valence-electron chi connectivity index (χ3n) is 5.74. The van der Waals surface area contributed by atoms with Crippen molar-refractivity contribution < 1.29 is 4.74 Å². The van der Waals surface area contributed by atoms with E-state index in [1.54, 1.807) is 11.3 Å². The Balaban J connectivity index is 1.24. The number of aryl methyl sites for hydroxylation is 3. The van der Waals surface area contributed by atoms with Gasteiger partial charge in [0.15, 0.2) is 0 Å². The lowest BCUT2D eigenvalue weighted by Gasteiger charge is -2.09. The summed E-state index contributed by atoms with van der Waals surface area (Å²) in [5.74, 6) is 1.19. The molecule has 5 aromatic rings. The van der Waals surface area contributed by atoms with E-state index >= 15 is 0 Å². The molecule has 33 heavy (non-hydrogen) atoms. The summed E-state index contributed by atoms with van der Waals surface area (Å²) in [5, 5.41) is 5.68. The number of nitrogens with one attached hydrogen (secondary N) is 1. The Labute approximate surface area is 195 Å². The van der Waals surface area contributed by atoms with E-state index in [0.29, 0.717) is 22.2 Å². The molecule has 0 amide bonds. The first kappa shape index (κ1) is 20.3. The maximum atomic E-state index is 12.8. The van der Waals surface area contributed by atoms with E-state index in [1.807, 2.05) is 31.2 Å². The zero-order chi connectivity index (χ0) is 22.5. The van der Waals surface area contributed by atoms with Crippen molar-refractivity contribution in [2.75, 3.05) is 0 Å². The fourth-order valence-electron chi connectivity index (χ4n) is 4.19. The second-order valence-electron chi connectivity index (χ2n) is 8.02. The molecule has 4 aromatic heterocycles. The number of rotatable bonds is 4. The molecule has 0 saturated carbocycles. The summed E-state index contributed by atoms with van der Waals surface area (Å²) >= 11 is 3.00. The second kappa shape index (κ2) is 7.89. The summed E-state index contributed by atoms with van der Waals surface area (Å²) in [4.78, 5) is 39.8. The van der Waals surface area contributed by atoms with Gasteiger partial charge in [-0.3, -0.25) is 9.59 Å². The molecule has 1 aliphatic carbocycles. The van der Waals surface area contributed by atoms with Crippen LogP contribution in [0.4, 0.5) is 0 Å². The van der Waals surface area contributed by atoms with Crippen molar-refractivity contribution in [1.82, 2.24) is 24.6 Å². The normalized spacial score (nSPS) is 13.5. The van der Waals surface area contributed by atoms with Crippen LogP contribution in [-0.2, 0) is 19.4 Å². The van der Waals surface area contributed by atoms with Gasteiger partial charge in [-0.2, -0.15) is 9.61 Å². The van der Waals surface area contributed by atoms with Crippen LogP contribution in [0.25, 0.3) is 26.6 Å². The Morgan fingerprint density at radius 2 is 1.91 bits per heavy atom. The molecule has 0 fully saturated rings. The summed E-state index contributed by atoms with van der Waals surface area (Å²) in [6.45, 7) is 2.01. The van der Waals surface area contributed by atoms with Crippen molar-refractivity contribution in [2.24, 2.45) is 0 Å². The van der Waals surface area contributed by atoms with Gasteiger partial charge in [0.2, 0.25) is 4.96 Å². The summed E-state index contributed by atoms with van der Waals surface area (Å²) in [5.41, 5.74) is 2.25. The summed E-state index contributed by atoms with van der Waals surface area (Å²) < 4.78 is 7.12. The van der Waals surface area contributed by atoms with Gasteiger partial charge in [-0.1, -0.05) is 11.3 Å². The predicted octanol–water partition coefficient (Wildman–Crippen LogP) is 3.88. The van der Waals surface area contributed by atoms with E-state index in [2.05, 4.69) is 15.1 Å². The van der Waals surface area contributed by atoms with Crippen LogP contribution in [0, 0.1) is 6.92 Å². The number of fused-ring (bicyclic) bond motifs is 4. The van der Waals surface area contributed by atoms with E-state index in [9.17, 15) is 9.59 Å². The molecule has 0 saturated heterocycles. The van der Waals surface area contributed by atoms with Crippen molar-refractivity contribution in [3.8, 4) is 17.1 Å². The highest BCUT2D eigenvalue weighted by Gasteiger charge is 2.20. The van der Waals surface area contributed by atoms with Crippen LogP contribution in [0.5, 0.6) is 5.75 Å². The maximum absolute atomic E-state index is 12.8. The number of aromatic nitrogens is 5. The second-order valence-corrected chi connectivity index (χ2v) is 10.3. The minimum absolute atomic E-state index is 0.0687. The van der Waals surface area contributed by atoms with Gasteiger partial charge in [-0.15, -0.1) is 11.3 Å². The molecule has 6 rings (SSSR count). The Hall–Kier alpha value is -3.37. The van der Waals surface area contributed by atoms with Crippen LogP contribution in [0.1, 0.15) is 34.0 Å². The lowest BCUT2D eigenvalue weighted by atomic mass is 9.97. The summed E-state index contributed by atoms with van der Waals surface area (Å²) in [7, 11) is 0. The Kier molecular flexibility index (Phi) is 4.84. The van der Waals surface area contributed by atoms with Gasteiger partial charge < -0.3 is 9.72 Å². The highest BCUT2D eigenvalue weighted by molar-refractivity contribution is 7.18. The lowest BCUT2D eigenvalue weighted by Crippen LogP contribution is -2.16. The average molecular weight is 478 g/mol. The predicted molar refractivity (Wildman–Crippen MR) is 129 cm³/mol. The number of hydrogen-bond donors (Lipinski definition) is 1. The summed E-state index contributed by atoms with van der Waals surface area (Å²) in [6, 6.07) is 8.81. The molecule has 0 aliphatic heterocycles. The molecule has 1 N–H and O–H groups in total. The van der Waals surface area contributed by atoms with Crippen LogP contribution in [0.15, 0.2) is 39.9 Å². The number of hydrogen-bond acceptors (Lipinski definition) is 8. The first-order chi connectivity index (χ1) is 16.0. The van der Waals surface area contributed by atoms with E-state index in [0.717, 1.165) is 40.1 Å². The molecule has 0 radical (unpaired) electrons. The highest BCUT2D eigenvalue weighted by Crippen LogP contribution is 2.34. The Morgan fingerprint density at radius 1 is 1.09 bits per heavy atom. The zero-order valence-electron chi connectivity index (χ0n) is 17.8. The molecular weight excluding hydrogens is 458 g/mol. The van der Waals surface area contributed by atoms with Crippen molar-refractivity contribution in [3.63, 3.8) is 0 Å². The highest BCUT2D eigenvalue weighted by atomic mass is 32.1. The minimum atomic E-state index is -0.223. The van der Waals surface area contributed by atoms with Crippen LogP contribution in [0.3, 0.4) is 0 Å². The van der Waals surface area contributed by atoms with Gasteiger partial charge in [0.1, 0.15) is 28.0 Å². The molecule has 166 valence electrons. The van der Waals surface area contributed by atoms with Crippen LogP contribution >= 0.6 is 22.7 Å². The fraction of sp³-hybridized carbons (Fsp3) is 0.261. The standard InChI is InChI=1S/C23H19N5O3S2/c1-12-27-28-18(29)10-14(24-23(28)32-12)11-31-15-8-6-13(7-9-15)20-25-21(30)19-16-4-2-3-5-17(16)33-22(19)26-20/h6-10H,2-5,11H2,1H3,(H,25,26,30). The molecular formula is C23H19N5O3S2. The monoisotopic (exact) mass is 477 g/mol. The van der Waals surface area contributed by atoms with Crippen LogP contribution < -0.4 is 15.9 Å². The topological polar surface area (TPSA) is 102 Å². The quantitative estimate of drug-likeness (QED) is 0.421. The van der Waals surface area contributed by atoms with Crippen molar-refractivity contribution >= 4 is 37.9 Å². The van der Waals surface area contributed by atoms with E-state index < -0.39 is 0 Å². The molecule has 10 heteroatoms. The van der Waals surface area contributed by atoms with Crippen molar-refractivity contribution in [2.45, 2.75) is 39.2 Å². The number of H-pyrrole nitrogens is 1. The number of aromatic amines is 1. The molecule has 1 aliphatic rings. The first-order valence-corrected chi connectivity index (χ1v) is 12.3. The third-order valence-corrected chi connectivity index (χ3v) is 7.75. The van der Waals surface area contributed by atoms with Gasteiger partial charge in [-0.25, -0.2) is 9.97 Å². The largest absolute Gasteiger partial charge is 0.487 e. The molecule has 0 unspecified atom stereocenters. The lowest BCUT2D eigenvalue weighted by molar-refractivity contribution is 0.301. The number of ether oxygens (including phenoxy) is 1. The minimum Gasteiger partial charge on any atom is -0.487 e. The maximum Gasteiger partial charge on any atom is 0.275 e. The van der Waals surface area contributed by atoms with Gasteiger partial charge in [0.25, 0.3) is 11.1 Å². The van der Waals surface area contributed by atoms with E-state index in [1.165, 1.54) is 38.8 Å². The zero-order valence-corrected chi connectivity index (χ0v) is 19.4. The van der Waals surface area contributed by atoms with E-state index in [-0.39, 0.29) is 17.7 Å². The molecule has 0 bridgehead atoms. The van der Waals surface area contributed by atoms with Gasteiger partial charge in [0, 0.05) is 16.5 Å². The van der Waals surface area contributed by atoms with Gasteiger partial charge in [0.05, 0.1) is 11.1 Å². The number of nitrogens with zero attached hydrogens (tertiary/aromatic N) is 4. The van der Waals surface area contributed by atoms with Crippen molar-refractivity contribution in [3.05, 3.63) is 72.2 Å². The number of benzene rings is 1. The third kappa shape index (κ3) is 3.65. The summed E-state index contributed by atoms with van der Waals surface area (Å²) in [6.07, 6.45) is 4.30. The van der Waals surface area contributed by atoms with Gasteiger partial charge in [-0.05, 0) is 62.4 Å². The SMILES string of the molecule is Cc1nn2c(=O)cc(COc3ccc(-c4nc5sc6c(c5c(=O)[nH]4)CCCC6)cc3)nc2s1. The van der Waals surface area contributed by atoms with Gasteiger partial charge >= 0.3 is 0 Å². The number of thiophene rings is 1. The molecule has 8 nitrogen and oxygen atoms in total. The Morgan fingerprint density at radius 3 is 2.76 bits per heavy atom. The molecule has 0 spiro atoms. The smallest absolute Gasteiger partial charge is 0.275 e. The molecule has 1 aromatic carbocycles. The van der Waals surface area contributed by atoms with Crippen molar-refractivity contribution in [1.29, 1.82) is 0 Å². The molecule has 0 atom stereocenters. The van der Waals surface area contributed by atoms with E-state index in [4.69, 9.17) is 9.72 Å². The van der Waals surface area contributed by atoms with Crippen LogP contribution in [0.2, 0.25) is 0 Å². The Bertz CT molecular complexity index is 1630. The van der Waals surface area contributed by atoms with Crippen LogP contribution in [-0.4, -0.2) is 24.6 Å². The fourth-order valence-corrected chi connectivity index (χ4v) is 6.22. The first-order valence-electron chi connectivity index (χ1n) is 10.7. The molecule has 4 heterocycles.